The topological polar surface area (TPSA) is 63.4 Å². The minimum Gasteiger partial charge on any atom is -0.398 e. The number of nitrogens with zero attached hydrogens (tertiary/aromatic N) is 1. The molecule has 0 saturated carbocycles. The summed E-state index contributed by atoms with van der Waals surface area (Å²) in [7, 11) is -3.81. The molecule has 21 heavy (non-hydrogen) atoms. The Morgan fingerprint density at radius 2 is 2.14 bits per heavy atom. The molecule has 0 spiro atoms. The van der Waals surface area contributed by atoms with Gasteiger partial charge in [-0.25, -0.2) is 12.8 Å². The van der Waals surface area contributed by atoms with E-state index in [1.807, 2.05) is 18.4 Å². The number of hydrogen-bond donors (Lipinski definition) is 1. The number of nitrogen functional groups attached to an aromatic ring is 1. The molecular formula is C14H15FN2O2S2. The Bertz CT molecular complexity index is 786. The van der Waals surface area contributed by atoms with Crippen molar-refractivity contribution >= 4 is 27.0 Å². The van der Waals surface area contributed by atoms with Crippen LogP contribution in [0.15, 0.2) is 34.5 Å². The van der Waals surface area contributed by atoms with E-state index in [9.17, 15) is 12.8 Å². The van der Waals surface area contributed by atoms with Gasteiger partial charge in [-0.05, 0) is 48.6 Å². The summed E-state index contributed by atoms with van der Waals surface area (Å²) in [5.41, 5.74) is 6.82. The van der Waals surface area contributed by atoms with Crippen molar-refractivity contribution in [2.24, 2.45) is 0 Å². The van der Waals surface area contributed by atoms with Crippen molar-refractivity contribution in [3.63, 3.8) is 0 Å². The number of benzene rings is 1. The Hall–Kier alpha value is -1.44. The monoisotopic (exact) mass is 326 g/mol. The molecule has 0 aliphatic carbocycles. The molecule has 2 N–H and O–H groups in total. The summed E-state index contributed by atoms with van der Waals surface area (Å²) in [4.78, 5) is 1.05. The molecule has 7 heteroatoms. The molecule has 1 unspecified atom stereocenters. The Morgan fingerprint density at radius 3 is 2.90 bits per heavy atom. The van der Waals surface area contributed by atoms with Crippen LogP contribution in [0, 0.1) is 5.82 Å². The Morgan fingerprint density at radius 1 is 1.38 bits per heavy atom. The van der Waals surface area contributed by atoms with Crippen molar-refractivity contribution in [1.29, 1.82) is 0 Å². The summed E-state index contributed by atoms with van der Waals surface area (Å²) >= 11 is 1.64. The third-order valence-corrected chi connectivity index (χ3v) is 6.81. The summed E-state index contributed by atoms with van der Waals surface area (Å²) in [5, 5.41) is 1.97. The van der Waals surface area contributed by atoms with Crippen LogP contribution >= 0.6 is 11.3 Å². The molecule has 0 amide bonds. The zero-order valence-corrected chi connectivity index (χ0v) is 13.0. The molecule has 2 heterocycles. The van der Waals surface area contributed by atoms with Crippen molar-refractivity contribution in [3.05, 3.63) is 45.9 Å². The maximum absolute atomic E-state index is 13.4. The van der Waals surface area contributed by atoms with Gasteiger partial charge in [0.25, 0.3) is 0 Å². The SMILES string of the molecule is CC1c2ccsc2CCN1S(=O)(=O)c1cc(F)ccc1N. The van der Waals surface area contributed by atoms with Crippen LogP contribution in [0.5, 0.6) is 0 Å². The molecule has 0 radical (unpaired) electrons. The maximum atomic E-state index is 13.4. The molecular weight excluding hydrogens is 311 g/mol. The zero-order valence-electron chi connectivity index (χ0n) is 11.4. The summed E-state index contributed by atoms with van der Waals surface area (Å²) in [6.07, 6.45) is 0.672. The third kappa shape index (κ3) is 2.35. The highest BCUT2D eigenvalue weighted by atomic mass is 32.2. The number of halogens is 1. The van der Waals surface area contributed by atoms with Crippen LogP contribution in [-0.2, 0) is 16.4 Å². The maximum Gasteiger partial charge on any atom is 0.245 e. The molecule has 1 atom stereocenters. The van der Waals surface area contributed by atoms with Crippen molar-refractivity contribution in [1.82, 2.24) is 4.31 Å². The van der Waals surface area contributed by atoms with Crippen molar-refractivity contribution in [3.8, 4) is 0 Å². The van der Waals surface area contributed by atoms with Gasteiger partial charge in [-0.3, -0.25) is 0 Å². The highest BCUT2D eigenvalue weighted by Crippen LogP contribution is 2.37. The molecule has 0 saturated heterocycles. The number of hydrogen-bond acceptors (Lipinski definition) is 4. The highest BCUT2D eigenvalue weighted by Gasteiger charge is 2.35. The van der Waals surface area contributed by atoms with E-state index in [0.717, 1.165) is 17.7 Å². The van der Waals surface area contributed by atoms with Gasteiger partial charge in [0.05, 0.1) is 5.69 Å². The fourth-order valence-corrected chi connectivity index (χ4v) is 5.38. The van der Waals surface area contributed by atoms with Crippen LogP contribution in [-0.4, -0.2) is 19.3 Å². The molecule has 0 bridgehead atoms. The summed E-state index contributed by atoms with van der Waals surface area (Å²) in [5.74, 6) is -0.608. The summed E-state index contributed by atoms with van der Waals surface area (Å²) in [6.45, 7) is 2.23. The predicted octanol–water partition coefficient (Wildman–Crippen LogP) is 2.78. The first-order chi connectivity index (χ1) is 9.91. The molecule has 3 rings (SSSR count). The van der Waals surface area contributed by atoms with Gasteiger partial charge in [-0.1, -0.05) is 0 Å². The molecule has 4 nitrogen and oxygen atoms in total. The second kappa shape index (κ2) is 5.08. The number of fused-ring (bicyclic) bond motifs is 1. The van der Waals surface area contributed by atoms with Gasteiger partial charge in [-0.2, -0.15) is 4.31 Å². The lowest BCUT2D eigenvalue weighted by molar-refractivity contribution is 0.329. The van der Waals surface area contributed by atoms with Crippen LogP contribution in [0.1, 0.15) is 23.4 Å². The van der Waals surface area contributed by atoms with E-state index in [4.69, 9.17) is 5.73 Å². The quantitative estimate of drug-likeness (QED) is 0.863. The molecule has 1 aromatic heterocycles. The van der Waals surface area contributed by atoms with Crippen LogP contribution in [0.2, 0.25) is 0 Å². The van der Waals surface area contributed by atoms with E-state index >= 15 is 0 Å². The Kier molecular flexibility index (Phi) is 3.51. The van der Waals surface area contributed by atoms with Crippen LogP contribution in [0.3, 0.4) is 0 Å². The van der Waals surface area contributed by atoms with Crippen molar-refractivity contribution in [2.45, 2.75) is 24.3 Å². The number of sulfonamides is 1. The predicted molar refractivity (Wildman–Crippen MR) is 81.1 cm³/mol. The number of nitrogens with two attached hydrogens (primary N) is 1. The van der Waals surface area contributed by atoms with E-state index in [1.165, 1.54) is 15.2 Å². The third-order valence-electron chi connectivity index (χ3n) is 3.78. The number of anilines is 1. The van der Waals surface area contributed by atoms with Gasteiger partial charge >= 0.3 is 0 Å². The smallest absolute Gasteiger partial charge is 0.245 e. The van der Waals surface area contributed by atoms with E-state index in [1.54, 1.807) is 11.3 Å². The minimum absolute atomic E-state index is 0.0692. The van der Waals surface area contributed by atoms with Crippen LogP contribution in [0.4, 0.5) is 10.1 Å². The van der Waals surface area contributed by atoms with E-state index in [0.29, 0.717) is 13.0 Å². The minimum atomic E-state index is -3.81. The van der Waals surface area contributed by atoms with Crippen LogP contribution in [0.25, 0.3) is 0 Å². The number of rotatable bonds is 2. The second-order valence-corrected chi connectivity index (χ2v) is 7.88. The van der Waals surface area contributed by atoms with Gasteiger partial charge < -0.3 is 5.73 Å². The molecule has 1 aliphatic heterocycles. The van der Waals surface area contributed by atoms with Gasteiger partial charge in [0.1, 0.15) is 10.7 Å². The molecule has 1 aliphatic rings. The van der Waals surface area contributed by atoms with Gasteiger partial charge in [0, 0.05) is 17.5 Å². The fraction of sp³-hybridized carbons (Fsp3) is 0.286. The van der Waals surface area contributed by atoms with Crippen LogP contribution < -0.4 is 5.73 Å². The van der Waals surface area contributed by atoms with Crippen molar-refractivity contribution < 1.29 is 12.8 Å². The lowest BCUT2D eigenvalue weighted by Gasteiger charge is -2.32. The average Bonchev–Trinajstić information content (AvgIpc) is 2.91. The lowest BCUT2D eigenvalue weighted by atomic mass is 10.0. The summed E-state index contributed by atoms with van der Waals surface area (Å²) < 4.78 is 40.4. The first-order valence-electron chi connectivity index (χ1n) is 6.54. The second-order valence-electron chi connectivity index (χ2n) is 5.02. The van der Waals surface area contributed by atoms with Gasteiger partial charge in [0.15, 0.2) is 0 Å². The first kappa shape index (κ1) is 14.5. The van der Waals surface area contributed by atoms with E-state index in [2.05, 4.69) is 0 Å². The molecule has 112 valence electrons. The average molecular weight is 326 g/mol. The Balaban J connectivity index is 2.05. The largest absolute Gasteiger partial charge is 0.398 e. The van der Waals surface area contributed by atoms with Gasteiger partial charge in [-0.15, -0.1) is 11.3 Å². The molecule has 0 fully saturated rings. The first-order valence-corrected chi connectivity index (χ1v) is 8.86. The van der Waals surface area contributed by atoms with Crippen molar-refractivity contribution in [2.75, 3.05) is 12.3 Å². The number of thiophene rings is 1. The normalized spacial score (nSPS) is 19.4. The zero-order chi connectivity index (χ0) is 15.2. The van der Waals surface area contributed by atoms with Gasteiger partial charge in [0.2, 0.25) is 10.0 Å². The highest BCUT2D eigenvalue weighted by molar-refractivity contribution is 7.89. The van der Waals surface area contributed by atoms with E-state index < -0.39 is 15.8 Å². The fourth-order valence-electron chi connectivity index (χ4n) is 2.67. The Labute approximate surface area is 127 Å². The molecule has 2 aromatic rings. The standard InChI is InChI=1S/C14H15FN2O2S2/c1-9-11-5-7-20-13(11)4-6-17(9)21(18,19)14-8-10(15)2-3-12(14)16/h2-3,5,7-9H,4,6,16H2,1H3. The molecule has 1 aromatic carbocycles. The summed E-state index contributed by atoms with van der Waals surface area (Å²) in [6, 6.07) is 5.10. The van der Waals surface area contributed by atoms with E-state index in [-0.39, 0.29) is 16.6 Å². The lowest BCUT2D eigenvalue weighted by Crippen LogP contribution is -2.38.